The Morgan fingerprint density at radius 3 is 2.84 bits per heavy atom. The Bertz CT molecular complexity index is 917. The fourth-order valence-corrected chi connectivity index (χ4v) is 4.55. The van der Waals surface area contributed by atoms with Crippen LogP contribution in [0.15, 0.2) is 40.9 Å². The smallest absolute Gasteiger partial charge is 0.272 e. The van der Waals surface area contributed by atoms with Crippen molar-refractivity contribution in [3.63, 3.8) is 0 Å². The first-order chi connectivity index (χ1) is 12.1. The van der Waals surface area contributed by atoms with Gasteiger partial charge in [-0.05, 0) is 36.8 Å². The zero-order valence-corrected chi connectivity index (χ0v) is 15.2. The fraction of sp³-hybridized carbons (Fsp3) is 0.294. The van der Waals surface area contributed by atoms with Crippen LogP contribution in [0.5, 0.6) is 0 Å². The van der Waals surface area contributed by atoms with Gasteiger partial charge in [-0.1, -0.05) is 30.0 Å². The van der Waals surface area contributed by atoms with Gasteiger partial charge in [0.15, 0.2) is 11.0 Å². The molecule has 2 aromatic heterocycles. The van der Waals surface area contributed by atoms with E-state index in [0.717, 1.165) is 39.8 Å². The standard InChI is InChI=1S/C17H16N4O2S2/c1-11-12(4-2-5-14(11)21(22)23)10-25-17-19-18-16(15-6-3-9-24-15)20(17)13-7-8-13/h2-6,9,13H,7-8,10H2,1H3. The van der Waals surface area contributed by atoms with E-state index in [0.29, 0.717) is 11.8 Å². The summed E-state index contributed by atoms with van der Waals surface area (Å²) in [6.07, 6.45) is 2.31. The molecule has 0 radical (unpaired) electrons. The third-order valence-electron chi connectivity index (χ3n) is 4.29. The third kappa shape index (κ3) is 3.19. The zero-order chi connectivity index (χ0) is 17.4. The molecule has 1 fully saturated rings. The molecule has 6 nitrogen and oxygen atoms in total. The van der Waals surface area contributed by atoms with Crippen molar-refractivity contribution < 1.29 is 4.92 Å². The first-order valence-electron chi connectivity index (χ1n) is 7.99. The number of nitro groups is 1. The minimum Gasteiger partial charge on any atom is -0.298 e. The molecule has 1 saturated carbocycles. The van der Waals surface area contributed by atoms with Gasteiger partial charge in [0.2, 0.25) is 0 Å². The SMILES string of the molecule is Cc1c(CSc2nnc(-c3cccs3)n2C2CC2)cccc1[N+](=O)[O-]. The molecule has 1 aromatic carbocycles. The fourth-order valence-electron chi connectivity index (χ4n) is 2.78. The molecule has 4 rings (SSSR count). The van der Waals surface area contributed by atoms with Crippen LogP contribution in [-0.4, -0.2) is 19.7 Å². The average Bonchev–Trinajstić information content (AvgIpc) is 3.12. The summed E-state index contributed by atoms with van der Waals surface area (Å²) in [6.45, 7) is 1.80. The molecule has 3 aromatic rings. The lowest BCUT2D eigenvalue weighted by Gasteiger charge is -2.09. The molecule has 1 aliphatic carbocycles. The zero-order valence-electron chi connectivity index (χ0n) is 13.6. The van der Waals surface area contributed by atoms with E-state index in [-0.39, 0.29) is 10.6 Å². The van der Waals surface area contributed by atoms with Crippen LogP contribution in [-0.2, 0) is 5.75 Å². The minimum absolute atomic E-state index is 0.168. The largest absolute Gasteiger partial charge is 0.298 e. The van der Waals surface area contributed by atoms with Crippen LogP contribution in [0.25, 0.3) is 10.7 Å². The maximum absolute atomic E-state index is 11.1. The van der Waals surface area contributed by atoms with Gasteiger partial charge in [-0.25, -0.2) is 0 Å². The second-order valence-electron chi connectivity index (χ2n) is 5.99. The highest BCUT2D eigenvalue weighted by Gasteiger charge is 2.30. The van der Waals surface area contributed by atoms with E-state index in [4.69, 9.17) is 0 Å². The molecule has 2 heterocycles. The molecule has 0 spiro atoms. The predicted octanol–water partition coefficient (Wildman–Crippen LogP) is 4.85. The molecule has 128 valence electrons. The number of aromatic nitrogens is 3. The van der Waals surface area contributed by atoms with Crippen LogP contribution in [0.1, 0.15) is 30.0 Å². The summed E-state index contributed by atoms with van der Waals surface area (Å²) in [7, 11) is 0. The Morgan fingerprint density at radius 1 is 1.32 bits per heavy atom. The normalized spacial score (nSPS) is 14.0. The van der Waals surface area contributed by atoms with Crippen molar-refractivity contribution in [2.45, 2.75) is 36.7 Å². The van der Waals surface area contributed by atoms with Gasteiger partial charge in [0.25, 0.3) is 5.69 Å². The lowest BCUT2D eigenvalue weighted by atomic mass is 10.1. The Hall–Kier alpha value is -2.19. The van der Waals surface area contributed by atoms with Crippen molar-refractivity contribution in [2.75, 3.05) is 0 Å². The second kappa shape index (κ2) is 6.61. The summed E-state index contributed by atoms with van der Waals surface area (Å²) in [5.41, 5.74) is 1.85. The van der Waals surface area contributed by atoms with Gasteiger partial charge in [-0.2, -0.15) is 0 Å². The van der Waals surface area contributed by atoms with Crippen LogP contribution in [0.4, 0.5) is 5.69 Å². The van der Waals surface area contributed by atoms with E-state index in [1.807, 2.05) is 17.5 Å². The van der Waals surface area contributed by atoms with E-state index >= 15 is 0 Å². The average molecular weight is 372 g/mol. The molecule has 8 heteroatoms. The highest BCUT2D eigenvalue weighted by atomic mass is 32.2. The summed E-state index contributed by atoms with van der Waals surface area (Å²) in [6, 6.07) is 9.78. The third-order valence-corrected chi connectivity index (χ3v) is 6.15. The van der Waals surface area contributed by atoms with Crippen molar-refractivity contribution in [3.8, 4) is 10.7 Å². The van der Waals surface area contributed by atoms with Crippen molar-refractivity contribution >= 4 is 28.8 Å². The lowest BCUT2D eigenvalue weighted by Crippen LogP contribution is -2.00. The molecule has 25 heavy (non-hydrogen) atoms. The van der Waals surface area contributed by atoms with Crippen molar-refractivity contribution in [3.05, 3.63) is 57.0 Å². The maximum Gasteiger partial charge on any atom is 0.272 e. The van der Waals surface area contributed by atoms with Crippen LogP contribution in [0, 0.1) is 17.0 Å². The number of hydrogen-bond donors (Lipinski definition) is 0. The first-order valence-corrected chi connectivity index (χ1v) is 9.86. The molecule has 1 aliphatic rings. The van der Waals surface area contributed by atoms with Crippen LogP contribution in [0.2, 0.25) is 0 Å². The molecule has 0 atom stereocenters. The quantitative estimate of drug-likeness (QED) is 0.351. The second-order valence-corrected chi connectivity index (χ2v) is 7.88. The van der Waals surface area contributed by atoms with Gasteiger partial charge < -0.3 is 0 Å². The summed E-state index contributed by atoms with van der Waals surface area (Å²) >= 11 is 3.26. The molecule has 0 amide bonds. The molecule has 0 N–H and O–H groups in total. The molecular formula is C17H16N4O2S2. The van der Waals surface area contributed by atoms with E-state index in [2.05, 4.69) is 20.8 Å². The highest BCUT2D eigenvalue weighted by molar-refractivity contribution is 7.98. The Balaban J connectivity index is 1.60. The van der Waals surface area contributed by atoms with Gasteiger partial charge in [0.1, 0.15) is 0 Å². The van der Waals surface area contributed by atoms with Crippen LogP contribution in [0.3, 0.4) is 0 Å². The molecule has 0 bridgehead atoms. The number of hydrogen-bond acceptors (Lipinski definition) is 6. The van der Waals surface area contributed by atoms with Gasteiger partial charge in [-0.15, -0.1) is 21.5 Å². The van der Waals surface area contributed by atoms with Crippen LogP contribution >= 0.6 is 23.1 Å². The number of thiophene rings is 1. The van der Waals surface area contributed by atoms with Gasteiger partial charge in [0.05, 0.1) is 9.80 Å². The predicted molar refractivity (Wildman–Crippen MR) is 99.0 cm³/mol. The summed E-state index contributed by atoms with van der Waals surface area (Å²) < 4.78 is 2.23. The van der Waals surface area contributed by atoms with E-state index in [9.17, 15) is 10.1 Å². The minimum atomic E-state index is -0.328. The Kier molecular flexibility index (Phi) is 4.30. The lowest BCUT2D eigenvalue weighted by molar-refractivity contribution is -0.385. The number of rotatable bonds is 6. The van der Waals surface area contributed by atoms with Gasteiger partial charge in [0, 0.05) is 23.4 Å². The first kappa shape index (κ1) is 16.3. The summed E-state index contributed by atoms with van der Waals surface area (Å²) in [5, 5.41) is 22.8. The molecular weight excluding hydrogens is 356 g/mol. The van der Waals surface area contributed by atoms with Gasteiger partial charge in [-0.3, -0.25) is 14.7 Å². The van der Waals surface area contributed by atoms with E-state index in [1.54, 1.807) is 42.2 Å². The Morgan fingerprint density at radius 2 is 2.16 bits per heavy atom. The monoisotopic (exact) mass is 372 g/mol. The summed E-state index contributed by atoms with van der Waals surface area (Å²) in [5.74, 6) is 1.57. The molecule has 0 saturated heterocycles. The van der Waals surface area contributed by atoms with Crippen LogP contribution < -0.4 is 0 Å². The Labute approximate surface area is 153 Å². The molecule has 0 aliphatic heterocycles. The number of benzene rings is 1. The topological polar surface area (TPSA) is 73.8 Å². The van der Waals surface area contributed by atoms with Crippen molar-refractivity contribution in [1.29, 1.82) is 0 Å². The van der Waals surface area contributed by atoms with Gasteiger partial charge >= 0.3 is 0 Å². The number of thioether (sulfide) groups is 1. The van der Waals surface area contributed by atoms with E-state index < -0.39 is 0 Å². The highest BCUT2D eigenvalue weighted by Crippen LogP contribution is 2.42. The maximum atomic E-state index is 11.1. The molecule has 0 unspecified atom stereocenters. The number of nitrogens with zero attached hydrogens (tertiary/aromatic N) is 4. The van der Waals surface area contributed by atoms with Crippen molar-refractivity contribution in [2.24, 2.45) is 0 Å². The summed E-state index contributed by atoms with van der Waals surface area (Å²) in [4.78, 5) is 11.9. The number of nitro benzene ring substituents is 1. The van der Waals surface area contributed by atoms with E-state index in [1.165, 1.54) is 0 Å². The van der Waals surface area contributed by atoms with Crippen molar-refractivity contribution in [1.82, 2.24) is 14.8 Å².